The van der Waals surface area contributed by atoms with E-state index in [0.29, 0.717) is 15.8 Å². The van der Waals surface area contributed by atoms with Crippen LogP contribution >= 0.6 is 24.0 Å². The molecule has 4 rings (SSSR count). The Morgan fingerprint density at radius 2 is 1.76 bits per heavy atom. The molecular formula is C24H19NO2S2. The molecule has 0 spiro atoms. The first-order chi connectivity index (χ1) is 14.1. The van der Waals surface area contributed by atoms with Gasteiger partial charge >= 0.3 is 0 Å². The average Bonchev–Trinajstić information content (AvgIpc) is 3.01. The van der Waals surface area contributed by atoms with E-state index in [-0.39, 0.29) is 5.91 Å². The van der Waals surface area contributed by atoms with Crippen LogP contribution in [0.1, 0.15) is 16.7 Å². The number of anilines is 1. The van der Waals surface area contributed by atoms with Crippen molar-refractivity contribution in [1.82, 2.24) is 0 Å². The number of thiocarbonyl (C=S) groups is 1. The molecule has 0 saturated carbocycles. The molecule has 5 heteroatoms. The van der Waals surface area contributed by atoms with Crippen molar-refractivity contribution in [2.75, 3.05) is 4.90 Å². The van der Waals surface area contributed by atoms with Gasteiger partial charge in [0.25, 0.3) is 5.91 Å². The summed E-state index contributed by atoms with van der Waals surface area (Å²) < 4.78 is 6.43. The van der Waals surface area contributed by atoms with Gasteiger partial charge in [-0.25, -0.2) is 0 Å². The van der Waals surface area contributed by atoms with Crippen molar-refractivity contribution in [1.29, 1.82) is 0 Å². The van der Waals surface area contributed by atoms with Gasteiger partial charge in [0.05, 0.1) is 10.6 Å². The van der Waals surface area contributed by atoms with Crippen LogP contribution in [-0.2, 0) is 11.4 Å². The Labute approximate surface area is 180 Å². The molecule has 29 heavy (non-hydrogen) atoms. The molecule has 0 radical (unpaired) electrons. The molecule has 1 aliphatic rings. The molecule has 0 atom stereocenters. The Kier molecular flexibility index (Phi) is 5.79. The number of hydrogen-bond acceptors (Lipinski definition) is 4. The zero-order valence-corrected chi connectivity index (χ0v) is 17.5. The number of benzene rings is 3. The number of rotatable bonds is 5. The molecule has 3 nitrogen and oxygen atoms in total. The summed E-state index contributed by atoms with van der Waals surface area (Å²) in [6.07, 6.45) is 1.86. The van der Waals surface area contributed by atoms with E-state index >= 15 is 0 Å². The van der Waals surface area contributed by atoms with Crippen molar-refractivity contribution in [2.24, 2.45) is 0 Å². The normalized spacial score (nSPS) is 15.2. The maximum atomic E-state index is 12.9. The number of hydrogen-bond donors (Lipinski definition) is 0. The number of carbonyl (C=O) groups is 1. The van der Waals surface area contributed by atoms with E-state index in [1.807, 2.05) is 91.9 Å². The number of amides is 1. The van der Waals surface area contributed by atoms with Crippen molar-refractivity contribution in [3.05, 3.63) is 100 Å². The molecule has 0 aliphatic carbocycles. The van der Waals surface area contributed by atoms with E-state index in [1.54, 1.807) is 4.90 Å². The van der Waals surface area contributed by atoms with Gasteiger partial charge in [0.2, 0.25) is 0 Å². The molecule has 1 fully saturated rings. The standard InChI is InChI=1S/C24H19NO2S2/c1-17-10-12-20(13-11-17)25-23(26)22(29-24(25)28)15-19-8-5-9-21(14-19)27-16-18-6-3-2-4-7-18/h2-15H,16H2,1H3/b22-15-. The fourth-order valence-electron chi connectivity index (χ4n) is 2.97. The Balaban J connectivity index is 1.51. The van der Waals surface area contributed by atoms with Crippen LogP contribution in [0.25, 0.3) is 6.08 Å². The second-order valence-electron chi connectivity index (χ2n) is 6.70. The van der Waals surface area contributed by atoms with Gasteiger partial charge in [-0.05, 0) is 48.4 Å². The molecule has 1 amide bonds. The molecule has 3 aromatic rings. The highest BCUT2D eigenvalue weighted by molar-refractivity contribution is 8.27. The van der Waals surface area contributed by atoms with E-state index in [9.17, 15) is 4.79 Å². The van der Waals surface area contributed by atoms with Crippen LogP contribution in [0.4, 0.5) is 5.69 Å². The zero-order chi connectivity index (χ0) is 20.2. The third kappa shape index (κ3) is 4.58. The summed E-state index contributed by atoms with van der Waals surface area (Å²) in [6.45, 7) is 2.51. The molecule has 0 bridgehead atoms. The quantitative estimate of drug-likeness (QED) is 0.377. The summed E-state index contributed by atoms with van der Waals surface area (Å²) in [4.78, 5) is 15.1. The first-order valence-electron chi connectivity index (χ1n) is 9.21. The summed E-state index contributed by atoms with van der Waals surface area (Å²) in [5.41, 5.74) is 3.94. The molecule has 1 aliphatic heterocycles. The lowest BCUT2D eigenvalue weighted by Gasteiger charge is -2.14. The Morgan fingerprint density at radius 1 is 1.00 bits per heavy atom. The van der Waals surface area contributed by atoms with Gasteiger partial charge in [0.1, 0.15) is 12.4 Å². The third-order valence-corrected chi connectivity index (χ3v) is 5.79. The van der Waals surface area contributed by atoms with E-state index in [1.165, 1.54) is 11.8 Å². The fourth-order valence-corrected chi connectivity index (χ4v) is 4.27. The molecule has 0 unspecified atom stereocenters. The van der Waals surface area contributed by atoms with Gasteiger partial charge in [0.15, 0.2) is 4.32 Å². The SMILES string of the molecule is Cc1ccc(N2C(=O)/C(=C/c3cccc(OCc4ccccc4)c3)SC2=S)cc1. The van der Waals surface area contributed by atoms with Crippen molar-refractivity contribution in [2.45, 2.75) is 13.5 Å². The molecule has 0 aromatic heterocycles. The van der Waals surface area contributed by atoms with Gasteiger partial charge in [-0.2, -0.15) is 0 Å². The Morgan fingerprint density at radius 3 is 2.52 bits per heavy atom. The first kappa shape index (κ1) is 19.4. The highest BCUT2D eigenvalue weighted by Crippen LogP contribution is 2.36. The maximum Gasteiger partial charge on any atom is 0.270 e. The van der Waals surface area contributed by atoms with Crippen LogP contribution < -0.4 is 9.64 Å². The fraction of sp³-hybridized carbons (Fsp3) is 0.0833. The highest BCUT2D eigenvalue weighted by atomic mass is 32.2. The number of ether oxygens (including phenoxy) is 1. The van der Waals surface area contributed by atoms with Gasteiger partial charge in [-0.3, -0.25) is 9.69 Å². The van der Waals surface area contributed by atoms with Gasteiger partial charge in [-0.15, -0.1) is 0 Å². The van der Waals surface area contributed by atoms with Crippen molar-refractivity contribution < 1.29 is 9.53 Å². The Hall–Kier alpha value is -2.89. The first-order valence-corrected chi connectivity index (χ1v) is 10.4. The summed E-state index contributed by atoms with van der Waals surface area (Å²) in [5, 5.41) is 0. The summed E-state index contributed by atoms with van der Waals surface area (Å²) >= 11 is 6.77. The van der Waals surface area contributed by atoms with Crippen LogP contribution in [-0.4, -0.2) is 10.2 Å². The minimum absolute atomic E-state index is 0.0977. The highest BCUT2D eigenvalue weighted by Gasteiger charge is 2.33. The molecule has 1 heterocycles. The third-order valence-electron chi connectivity index (χ3n) is 4.49. The molecule has 1 saturated heterocycles. The summed E-state index contributed by atoms with van der Waals surface area (Å²) in [5.74, 6) is 0.663. The van der Waals surface area contributed by atoms with Gasteiger partial charge in [-0.1, -0.05) is 84.1 Å². The topological polar surface area (TPSA) is 29.5 Å². The van der Waals surface area contributed by atoms with Crippen LogP contribution in [0.5, 0.6) is 5.75 Å². The minimum atomic E-state index is -0.0977. The molecule has 3 aromatic carbocycles. The van der Waals surface area contributed by atoms with Gasteiger partial charge < -0.3 is 4.74 Å². The Bertz CT molecular complexity index is 1080. The van der Waals surface area contributed by atoms with Gasteiger partial charge in [0, 0.05) is 0 Å². The van der Waals surface area contributed by atoms with Crippen LogP contribution in [0, 0.1) is 6.92 Å². The average molecular weight is 418 g/mol. The van der Waals surface area contributed by atoms with E-state index in [2.05, 4.69) is 0 Å². The lowest BCUT2D eigenvalue weighted by molar-refractivity contribution is -0.113. The predicted molar refractivity (Wildman–Crippen MR) is 124 cm³/mol. The summed E-state index contributed by atoms with van der Waals surface area (Å²) in [7, 11) is 0. The largest absolute Gasteiger partial charge is 0.489 e. The molecule has 144 valence electrons. The zero-order valence-electron chi connectivity index (χ0n) is 15.9. The van der Waals surface area contributed by atoms with Crippen LogP contribution in [0.3, 0.4) is 0 Å². The monoisotopic (exact) mass is 417 g/mol. The van der Waals surface area contributed by atoms with E-state index < -0.39 is 0 Å². The van der Waals surface area contributed by atoms with E-state index in [0.717, 1.165) is 28.1 Å². The van der Waals surface area contributed by atoms with Crippen LogP contribution in [0.2, 0.25) is 0 Å². The number of thioether (sulfide) groups is 1. The lowest BCUT2D eigenvalue weighted by Crippen LogP contribution is -2.27. The van der Waals surface area contributed by atoms with Crippen LogP contribution in [0.15, 0.2) is 83.8 Å². The number of nitrogens with zero attached hydrogens (tertiary/aromatic N) is 1. The maximum absolute atomic E-state index is 12.9. The predicted octanol–water partition coefficient (Wildman–Crippen LogP) is 5.98. The number of aryl methyl sites for hydroxylation is 1. The smallest absolute Gasteiger partial charge is 0.270 e. The second-order valence-corrected chi connectivity index (χ2v) is 8.38. The summed E-state index contributed by atoms with van der Waals surface area (Å²) in [6, 6.07) is 25.5. The second kappa shape index (κ2) is 8.64. The molecular weight excluding hydrogens is 398 g/mol. The van der Waals surface area contributed by atoms with Crippen molar-refractivity contribution in [3.63, 3.8) is 0 Å². The lowest BCUT2D eigenvalue weighted by atomic mass is 10.2. The molecule has 0 N–H and O–H groups in total. The minimum Gasteiger partial charge on any atom is -0.489 e. The van der Waals surface area contributed by atoms with Crippen molar-refractivity contribution in [3.8, 4) is 5.75 Å². The van der Waals surface area contributed by atoms with Crippen molar-refractivity contribution >= 4 is 46.0 Å². The number of carbonyl (C=O) groups excluding carboxylic acids is 1. The van der Waals surface area contributed by atoms with E-state index in [4.69, 9.17) is 17.0 Å².